The van der Waals surface area contributed by atoms with Crippen LogP contribution in [0.25, 0.3) is 6.08 Å². The van der Waals surface area contributed by atoms with Crippen molar-refractivity contribution in [3.8, 4) is 0 Å². The van der Waals surface area contributed by atoms with Crippen LogP contribution >= 0.6 is 23.4 Å². The summed E-state index contributed by atoms with van der Waals surface area (Å²) in [6, 6.07) is 9.15. The number of amides is 3. The first-order valence-corrected chi connectivity index (χ1v) is 13.5. The van der Waals surface area contributed by atoms with Gasteiger partial charge in [0.1, 0.15) is 5.56 Å². The van der Waals surface area contributed by atoms with Gasteiger partial charge in [-0.25, -0.2) is 0 Å². The molecule has 2 aromatic rings. The highest BCUT2D eigenvalue weighted by Crippen LogP contribution is 2.37. The summed E-state index contributed by atoms with van der Waals surface area (Å²) in [5.41, 5.74) is 1.68. The highest BCUT2D eigenvalue weighted by atomic mass is 35.5. The smallest absolute Gasteiger partial charge is 0.340 e. The molecule has 5 rings (SSSR count). The van der Waals surface area contributed by atoms with Gasteiger partial charge >= 0.3 is 6.18 Å². The number of hydrogen-bond donors (Lipinski definition) is 0. The SMILES string of the molecule is CC(=O)N1CCN(CCN2C(=O)S/C(=C\c3ccc4c(c3)C=[N+]4Cc3ccc(Cl)cc3C(F)(F)F)C2=O)CC1. The van der Waals surface area contributed by atoms with E-state index in [1.54, 1.807) is 40.8 Å². The molecule has 0 bridgehead atoms. The Morgan fingerprint density at radius 1 is 1.08 bits per heavy atom. The Balaban J connectivity index is 1.22. The maximum absolute atomic E-state index is 13.4. The number of nitrogens with zero attached hydrogens (tertiary/aromatic N) is 4. The van der Waals surface area contributed by atoms with Crippen molar-refractivity contribution in [3.05, 3.63) is 68.6 Å². The number of alkyl halides is 3. The number of benzene rings is 2. The van der Waals surface area contributed by atoms with E-state index in [0.717, 1.165) is 34.6 Å². The average molecular weight is 578 g/mol. The van der Waals surface area contributed by atoms with E-state index in [9.17, 15) is 27.6 Å². The third-order valence-corrected chi connectivity index (χ3v) is 8.15. The highest BCUT2D eigenvalue weighted by Gasteiger charge is 2.37. The van der Waals surface area contributed by atoms with Gasteiger partial charge in [0.05, 0.1) is 10.5 Å². The van der Waals surface area contributed by atoms with E-state index in [0.29, 0.717) is 37.6 Å². The van der Waals surface area contributed by atoms with Crippen LogP contribution in [0.2, 0.25) is 5.02 Å². The fourth-order valence-corrected chi connectivity index (χ4v) is 5.87. The summed E-state index contributed by atoms with van der Waals surface area (Å²) in [5.74, 6) is -0.299. The number of hydrogen-bond acceptors (Lipinski definition) is 5. The molecule has 2 saturated heterocycles. The predicted molar refractivity (Wildman–Crippen MR) is 143 cm³/mol. The van der Waals surface area contributed by atoms with Gasteiger partial charge in [-0.2, -0.15) is 17.7 Å². The molecule has 12 heteroatoms. The molecule has 0 radical (unpaired) electrons. The van der Waals surface area contributed by atoms with Gasteiger partial charge in [0.2, 0.25) is 11.6 Å². The molecular formula is C27H25ClF3N4O3S+. The Morgan fingerprint density at radius 3 is 2.49 bits per heavy atom. The number of carbonyl (C=O) groups excluding carboxylic acids is 3. The summed E-state index contributed by atoms with van der Waals surface area (Å²) in [7, 11) is 0. The van der Waals surface area contributed by atoms with Crippen LogP contribution in [0, 0.1) is 0 Å². The Hall–Kier alpha value is -3.15. The average Bonchev–Trinajstić information content (AvgIpc) is 3.13. The minimum absolute atomic E-state index is 0.0284. The van der Waals surface area contributed by atoms with Crippen LogP contribution in [0.5, 0.6) is 0 Å². The van der Waals surface area contributed by atoms with Crippen molar-refractivity contribution in [2.75, 3.05) is 39.3 Å². The fraction of sp³-hybridized carbons (Fsp3) is 0.333. The van der Waals surface area contributed by atoms with Crippen molar-refractivity contribution in [2.45, 2.75) is 19.6 Å². The van der Waals surface area contributed by atoms with E-state index < -0.39 is 11.7 Å². The third kappa shape index (κ3) is 5.90. The molecule has 3 aliphatic heterocycles. The van der Waals surface area contributed by atoms with E-state index in [-0.39, 0.29) is 40.7 Å². The zero-order valence-corrected chi connectivity index (χ0v) is 22.6. The van der Waals surface area contributed by atoms with Crippen molar-refractivity contribution >= 4 is 58.4 Å². The molecule has 0 aliphatic carbocycles. The van der Waals surface area contributed by atoms with Gasteiger partial charge in [-0.3, -0.25) is 24.2 Å². The first-order chi connectivity index (χ1) is 18.5. The molecule has 3 heterocycles. The third-order valence-electron chi connectivity index (χ3n) is 7.00. The van der Waals surface area contributed by atoms with Crippen molar-refractivity contribution in [2.24, 2.45) is 0 Å². The van der Waals surface area contributed by atoms with Crippen LogP contribution in [-0.4, -0.2) is 81.8 Å². The van der Waals surface area contributed by atoms with Gasteiger partial charge < -0.3 is 4.90 Å². The molecule has 2 fully saturated rings. The van der Waals surface area contributed by atoms with Gasteiger partial charge in [0.15, 0.2) is 12.8 Å². The number of imide groups is 1. The van der Waals surface area contributed by atoms with Gasteiger partial charge in [0.25, 0.3) is 11.1 Å². The number of halogens is 4. The molecule has 204 valence electrons. The summed E-state index contributed by atoms with van der Waals surface area (Å²) < 4.78 is 42.1. The number of carbonyl (C=O) groups is 3. The zero-order valence-electron chi connectivity index (χ0n) is 21.0. The maximum Gasteiger partial charge on any atom is 0.416 e. The van der Waals surface area contributed by atoms with Crippen molar-refractivity contribution in [1.29, 1.82) is 0 Å². The molecule has 0 unspecified atom stereocenters. The Bertz CT molecular complexity index is 1420. The normalized spacial score (nSPS) is 18.9. The van der Waals surface area contributed by atoms with Crippen molar-refractivity contribution in [1.82, 2.24) is 14.7 Å². The Kier molecular flexibility index (Phi) is 7.58. The number of piperazine rings is 1. The summed E-state index contributed by atoms with van der Waals surface area (Å²) in [4.78, 5) is 42.4. The van der Waals surface area contributed by atoms with Gasteiger partial charge in [-0.1, -0.05) is 17.7 Å². The van der Waals surface area contributed by atoms with Crippen LogP contribution in [0.15, 0.2) is 41.3 Å². The number of fused-ring (bicyclic) bond motifs is 1. The second-order valence-electron chi connectivity index (χ2n) is 9.56. The number of thioether (sulfide) groups is 1. The predicted octanol–water partition coefficient (Wildman–Crippen LogP) is 4.84. The van der Waals surface area contributed by atoms with Crippen LogP contribution in [0.4, 0.5) is 23.7 Å². The molecule has 0 aromatic heterocycles. The van der Waals surface area contributed by atoms with Crippen LogP contribution in [-0.2, 0) is 22.3 Å². The standard InChI is InChI=1S/C27H25ClF3N4O3S/c1-17(36)33-9-6-32(7-10-33)8-11-35-25(37)24(39-26(35)38)13-18-2-5-23-20(12-18)16-34(23)15-19-3-4-21(28)14-22(19)27(29,30)31/h2-5,12-14,16H,6-11,15H2,1H3/q+1/b24-13-. The second-order valence-corrected chi connectivity index (χ2v) is 11.0. The van der Waals surface area contributed by atoms with E-state index >= 15 is 0 Å². The first-order valence-electron chi connectivity index (χ1n) is 12.3. The van der Waals surface area contributed by atoms with Gasteiger partial charge in [0, 0.05) is 62.8 Å². The Labute approximate surface area is 232 Å². The van der Waals surface area contributed by atoms with Crippen LogP contribution in [0.1, 0.15) is 29.2 Å². The second kappa shape index (κ2) is 10.8. The molecule has 0 atom stereocenters. The summed E-state index contributed by atoms with van der Waals surface area (Å²) in [6.45, 7) is 5.07. The lowest BCUT2D eigenvalue weighted by Gasteiger charge is -2.34. The Morgan fingerprint density at radius 2 is 1.82 bits per heavy atom. The lowest BCUT2D eigenvalue weighted by atomic mass is 10.0. The van der Waals surface area contributed by atoms with E-state index in [4.69, 9.17) is 11.6 Å². The fourth-order valence-electron chi connectivity index (χ4n) is 4.84. The van der Waals surface area contributed by atoms with E-state index in [2.05, 4.69) is 4.90 Å². The minimum atomic E-state index is -4.51. The largest absolute Gasteiger partial charge is 0.416 e. The van der Waals surface area contributed by atoms with Crippen LogP contribution < -0.4 is 0 Å². The highest BCUT2D eigenvalue weighted by molar-refractivity contribution is 8.18. The quantitative estimate of drug-likeness (QED) is 0.363. The van der Waals surface area contributed by atoms with Crippen molar-refractivity contribution in [3.63, 3.8) is 0 Å². The molecule has 3 amide bonds. The molecule has 0 spiro atoms. The lowest BCUT2D eigenvalue weighted by Crippen LogP contribution is -2.50. The molecule has 2 aromatic carbocycles. The topological polar surface area (TPSA) is 63.9 Å². The molecule has 0 saturated carbocycles. The molecule has 39 heavy (non-hydrogen) atoms. The monoisotopic (exact) mass is 577 g/mol. The molecule has 0 N–H and O–H groups in total. The maximum atomic E-state index is 13.4. The first kappa shape index (κ1) is 27.4. The minimum Gasteiger partial charge on any atom is -0.340 e. The lowest BCUT2D eigenvalue weighted by molar-refractivity contribution is -0.464. The van der Waals surface area contributed by atoms with Crippen molar-refractivity contribution < 1.29 is 32.1 Å². The van der Waals surface area contributed by atoms with Gasteiger partial charge in [-0.15, -0.1) is 0 Å². The number of rotatable bonds is 6. The van der Waals surface area contributed by atoms with Crippen LogP contribution in [0.3, 0.4) is 0 Å². The van der Waals surface area contributed by atoms with Gasteiger partial charge in [-0.05, 0) is 47.7 Å². The molecule has 3 aliphatic rings. The molecule has 7 nitrogen and oxygen atoms in total. The summed E-state index contributed by atoms with van der Waals surface area (Å²) in [6.07, 6.45) is -1.10. The zero-order chi connectivity index (χ0) is 27.9. The summed E-state index contributed by atoms with van der Waals surface area (Å²) in [5, 5.41) is -0.292. The van der Waals surface area contributed by atoms with E-state index in [1.807, 2.05) is 6.07 Å². The summed E-state index contributed by atoms with van der Waals surface area (Å²) >= 11 is 6.67. The van der Waals surface area contributed by atoms with E-state index in [1.165, 1.54) is 17.0 Å². The molecular weight excluding hydrogens is 553 g/mol.